The topological polar surface area (TPSA) is 12.0 Å². The minimum absolute atomic E-state index is 0.192. The van der Waals surface area contributed by atoms with E-state index in [1.54, 1.807) is 6.07 Å². The summed E-state index contributed by atoms with van der Waals surface area (Å²) in [6.07, 6.45) is 3.79. The molecule has 106 valence electrons. The van der Waals surface area contributed by atoms with E-state index in [4.69, 9.17) is 0 Å². The van der Waals surface area contributed by atoms with E-state index in [0.717, 1.165) is 21.9 Å². The Morgan fingerprint density at radius 1 is 1.26 bits per heavy atom. The molecule has 1 nitrogen and oxygen atoms in total. The minimum atomic E-state index is -0.192. The number of halogens is 2. The highest BCUT2D eigenvalue weighted by molar-refractivity contribution is 9.10. The van der Waals surface area contributed by atoms with E-state index < -0.39 is 0 Å². The monoisotopic (exact) mass is 327 g/mol. The summed E-state index contributed by atoms with van der Waals surface area (Å²) in [5.74, 6) is 1.43. The van der Waals surface area contributed by atoms with Crippen LogP contribution >= 0.6 is 15.9 Å². The number of hydrogen-bond acceptors (Lipinski definition) is 1. The highest BCUT2D eigenvalue weighted by Crippen LogP contribution is 2.31. The molecule has 19 heavy (non-hydrogen) atoms. The van der Waals surface area contributed by atoms with Crippen molar-refractivity contribution in [1.29, 1.82) is 0 Å². The Labute approximate surface area is 124 Å². The van der Waals surface area contributed by atoms with Crippen LogP contribution in [0.15, 0.2) is 22.7 Å². The molecule has 0 aromatic heterocycles. The smallest absolute Gasteiger partial charge is 0.124 e. The van der Waals surface area contributed by atoms with Gasteiger partial charge in [-0.25, -0.2) is 4.39 Å². The summed E-state index contributed by atoms with van der Waals surface area (Å²) in [5, 5.41) is 3.69. The Hall–Kier alpha value is -0.410. The average molecular weight is 328 g/mol. The van der Waals surface area contributed by atoms with Crippen LogP contribution in [0.3, 0.4) is 0 Å². The molecule has 3 heteroatoms. The second kappa shape index (κ2) is 6.36. The summed E-state index contributed by atoms with van der Waals surface area (Å²) < 4.78 is 14.0. The molecule has 0 spiro atoms. The predicted octanol–water partition coefficient (Wildman–Crippen LogP) is 5.06. The third-order valence-electron chi connectivity index (χ3n) is 4.51. The average Bonchev–Trinajstić information content (AvgIpc) is 2.33. The Balaban J connectivity index is 1.99. The van der Waals surface area contributed by atoms with Gasteiger partial charge in [-0.2, -0.15) is 0 Å². The van der Waals surface area contributed by atoms with E-state index in [2.05, 4.69) is 42.0 Å². The molecule has 1 N–H and O–H groups in total. The van der Waals surface area contributed by atoms with Crippen LogP contribution in [0.1, 0.15) is 51.6 Å². The molecule has 2 rings (SSSR count). The van der Waals surface area contributed by atoms with Gasteiger partial charge in [0.05, 0.1) is 0 Å². The number of nitrogens with one attached hydrogen (secondary N) is 1. The van der Waals surface area contributed by atoms with Crippen molar-refractivity contribution in [2.75, 3.05) is 0 Å². The maximum Gasteiger partial charge on any atom is 0.124 e. The molecule has 1 fully saturated rings. The van der Waals surface area contributed by atoms with E-state index >= 15 is 0 Å². The van der Waals surface area contributed by atoms with Gasteiger partial charge < -0.3 is 5.32 Å². The van der Waals surface area contributed by atoms with Crippen molar-refractivity contribution in [2.24, 2.45) is 11.8 Å². The van der Waals surface area contributed by atoms with Crippen LogP contribution in [-0.2, 0) is 0 Å². The summed E-state index contributed by atoms with van der Waals surface area (Å²) >= 11 is 3.45. The standard InChI is InChI=1S/C16H23BrFN/c1-10-4-6-14(8-11(10)2)19-12(3)15-7-5-13(18)9-16(15)17/h5,7,9-12,14,19H,4,6,8H2,1-3H3. The summed E-state index contributed by atoms with van der Waals surface area (Å²) in [4.78, 5) is 0. The van der Waals surface area contributed by atoms with Gasteiger partial charge in [0.25, 0.3) is 0 Å². The maximum absolute atomic E-state index is 13.1. The molecular formula is C16H23BrFN. The maximum atomic E-state index is 13.1. The van der Waals surface area contributed by atoms with Gasteiger partial charge in [-0.3, -0.25) is 0 Å². The van der Waals surface area contributed by atoms with Crippen molar-refractivity contribution >= 4 is 15.9 Å². The lowest BCUT2D eigenvalue weighted by atomic mass is 9.79. The first-order valence-electron chi connectivity index (χ1n) is 7.18. The van der Waals surface area contributed by atoms with E-state index in [1.165, 1.54) is 25.3 Å². The first-order chi connectivity index (χ1) is 8.97. The van der Waals surface area contributed by atoms with Crippen molar-refractivity contribution in [3.05, 3.63) is 34.1 Å². The summed E-state index contributed by atoms with van der Waals surface area (Å²) in [7, 11) is 0. The second-order valence-electron chi connectivity index (χ2n) is 6.02. The number of benzene rings is 1. The Kier molecular flexibility index (Phi) is 5.02. The molecule has 1 aromatic carbocycles. The molecule has 0 bridgehead atoms. The minimum Gasteiger partial charge on any atom is -0.307 e. The molecule has 4 atom stereocenters. The first-order valence-corrected chi connectivity index (χ1v) is 7.97. The fourth-order valence-electron chi connectivity index (χ4n) is 2.99. The molecule has 1 aliphatic rings. The van der Waals surface area contributed by atoms with Crippen molar-refractivity contribution in [3.8, 4) is 0 Å². The van der Waals surface area contributed by atoms with Crippen molar-refractivity contribution in [3.63, 3.8) is 0 Å². The lowest BCUT2D eigenvalue weighted by Crippen LogP contribution is -2.37. The van der Waals surface area contributed by atoms with Crippen LogP contribution in [0.4, 0.5) is 4.39 Å². The molecule has 0 aliphatic heterocycles. The Morgan fingerprint density at radius 2 is 2.00 bits per heavy atom. The Bertz CT molecular complexity index is 435. The van der Waals surface area contributed by atoms with Gasteiger partial charge in [0.15, 0.2) is 0 Å². The molecule has 0 heterocycles. The van der Waals surface area contributed by atoms with E-state index in [-0.39, 0.29) is 11.9 Å². The molecule has 1 saturated carbocycles. The molecular weight excluding hydrogens is 305 g/mol. The largest absolute Gasteiger partial charge is 0.307 e. The second-order valence-corrected chi connectivity index (χ2v) is 6.87. The fourth-order valence-corrected chi connectivity index (χ4v) is 3.69. The Morgan fingerprint density at radius 3 is 2.63 bits per heavy atom. The quantitative estimate of drug-likeness (QED) is 0.817. The van der Waals surface area contributed by atoms with Crippen LogP contribution < -0.4 is 5.32 Å². The van der Waals surface area contributed by atoms with Crippen molar-refractivity contribution in [2.45, 2.75) is 52.1 Å². The number of rotatable bonds is 3. The van der Waals surface area contributed by atoms with E-state index in [1.807, 2.05) is 6.07 Å². The summed E-state index contributed by atoms with van der Waals surface area (Å²) in [6, 6.07) is 5.77. The summed E-state index contributed by atoms with van der Waals surface area (Å²) in [6.45, 7) is 6.85. The van der Waals surface area contributed by atoms with Crippen molar-refractivity contribution < 1.29 is 4.39 Å². The van der Waals surface area contributed by atoms with E-state index in [0.29, 0.717) is 6.04 Å². The zero-order chi connectivity index (χ0) is 14.0. The molecule has 1 aliphatic carbocycles. The van der Waals surface area contributed by atoms with Gasteiger partial charge in [-0.1, -0.05) is 35.8 Å². The molecule has 0 amide bonds. The van der Waals surface area contributed by atoms with Crippen LogP contribution in [0.2, 0.25) is 0 Å². The first kappa shape index (κ1) is 15.0. The highest BCUT2D eigenvalue weighted by atomic mass is 79.9. The number of hydrogen-bond donors (Lipinski definition) is 1. The van der Waals surface area contributed by atoms with Gasteiger partial charge in [0.1, 0.15) is 5.82 Å². The van der Waals surface area contributed by atoms with Crippen molar-refractivity contribution in [1.82, 2.24) is 5.32 Å². The van der Waals surface area contributed by atoms with Gasteiger partial charge in [-0.05, 0) is 55.7 Å². The summed E-state index contributed by atoms with van der Waals surface area (Å²) in [5.41, 5.74) is 1.13. The molecule has 0 saturated heterocycles. The van der Waals surface area contributed by atoms with Crippen LogP contribution in [0.5, 0.6) is 0 Å². The van der Waals surface area contributed by atoms with E-state index in [9.17, 15) is 4.39 Å². The predicted molar refractivity (Wildman–Crippen MR) is 81.6 cm³/mol. The van der Waals surface area contributed by atoms with Gasteiger partial charge in [0.2, 0.25) is 0 Å². The molecule has 1 aromatic rings. The van der Waals surface area contributed by atoms with Crippen LogP contribution in [0, 0.1) is 17.7 Å². The van der Waals surface area contributed by atoms with Gasteiger partial charge >= 0.3 is 0 Å². The zero-order valence-electron chi connectivity index (χ0n) is 11.9. The normalized spacial score (nSPS) is 29.2. The van der Waals surface area contributed by atoms with Gasteiger partial charge in [-0.15, -0.1) is 0 Å². The SMILES string of the molecule is CC(NC1CCC(C)C(C)C1)c1ccc(F)cc1Br. The lowest BCUT2D eigenvalue weighted by Gasteiger charge is -2.34. The van der Waals surface area contributed by atoms with Crippen LogP contribution in [0.25, 0.3) is 0 Å². The van der Waals surface area contributed by atoms with Crippen LogP contribution in [-0.4, -0.2) is 6.04 Å². The fraction of sp³-hybridized carbons (Fsp3) is 0.625. The van der Waals surface area contributed by atoms with Gasteiger partial charge in [0, 0.05) is 16.6 Å². The lowest BCUT2D eigenvalue weighted by molar-refractivity contribution is 0.217. The third kappa shape index (κ3) is 3.79. The third-order valence-corrected chi connectivity index (χ3v) is 5.20. The molecule has 4 unspecified atom stereocenters. The highest BCUT2D eigenvalue weighted by Gasteiger charge is 2.25. The molecule has 0 radical (unpaired) electrons. The zero-order valence-corrected chi connectivity index (χ0v) is 13.5.